The SMILES string of the molecule is C=CC1CC1.OCCO. The summed E-state index contributed by atoms with van der Waals surface area (Å²) in [6, 6.07) is 0. The van der Waals surface area contributed by atoms with Crippen molar-refractivity contribution in [3.63, 3.8) is 0 Å². The fourth-order valence-electron chi connectivity index (χ4n) is 0.332. The lowest BCUT2D eigenvalue weighted by Gasteiger charge is -1.70. The highest BCUT2D eigenvalue weighted by molar-refractivity contribution is 4.88. The minimum atomic E-state index is -0.125. The monoisotopic (exact) mass is 130 g/mol. The highest BCUT2D eigenvalue weighted by Crippen LogP contribution is 2.28. The van der Waals surface area contributed by atoms with Crippen LogP contribution >= 0.6 is 0 Å². The number of rotatable bonds is 2. The molecule has 2 heteroatoms. The molecule has 0 aliphatic heterocycles. The van der Waals surface area contributed by atoms with Gasteiger partial charge < -0.3 is 10.2 Å². The molecule has 0 aromatic rings. The molecule has 1 saturated carbocycles. The molecule has 0 atom stereocenters. The number of allylic oxidation sites excluding steroid dienone is 1. The predicted molar refractivity (Wildman–Crippen MR) is 37.1 cm³/mol. The lowest BCUT2D eigenvalue weighted by molar-refractivity contribution is 0.186. The molecule has 1 fully saturated rings. The number of aliphatic hydroxyl groups is 2. The first kappa shape index (κ1) is 8.66. The van der Waals surface area contributed by atoms with Gasteiger partial charge >= 0.3 is 0 Å². The topological polar surface area (TPSA) is 40.5 Å². The standard InChI is InChI=1S/C5H8.C2H6O2/c1-2-5-3-4-5;3-1-2-4/h2,5H,1,3-4H2;3-4H,1-2H2. The summed E-state index contributed by atoms with van der Waals surface area (Å²) in [6.07, 6.45) is 4.81. The molecular weight excluding hydrogens is 116 g/mol. The molecule has 0 amide bonds. The lowest BCUT2D eigenvalue weighted by atomic mass is 10.4. The average Bonchev–Trinajstić information content (AvgIpc) is 2.70. The fraction of sp³-hybridized carbons (Fsp3) is 0.714. The molecule has 54 valence electrons. The molecule has 0 spiro atoms. The van der Waals surface area contributed by atoms with Crippen molar-refractivity contribution < 1.29 is 10.2 Å². The second-order valence-electron chi connectivity index (χ2n) is 2.02. The molecule has 0 bridgehead atoms. The summed E-state index contributed by atoms with van der Waals surface area (Å²) in [5, 5.41) is 15.2. The van der Waals surface area contributed by atoms with Crippen LogP contribution in [0.2, 0.25) is 0 Å². The van der Waals surface area contributed by atoms with E-state index in [0.29, 0.717) is 0 Å². The van der Waals surface area contributed by atoms with Crippen LogP contribution in [-0.4, -0.2) is 23.4 Å². The first-order valence-corrected chi connectivity index (χ1v) is 3.19. The highest BCUT2D eigenvalue weighted by Gasteiger charge is 2.15. The summed E-state index contributed by atoms with van der Waals surface area (Å²) >= 11 is 0. The van der Waals surface area contributed by atoms with Gasteiger partial charge in [0, 0.05) is 0 Å². The van der Waals surface area contributed by atoms with Gasteiger partial charge in [-0.25, -0.2) is 0 Å². The molecule has 2 N–H and O–H groups in total. The van der Waals surface area contributed by atoms with E-state index in [-0.39, 0.29) is 13.2 Å². The number of hydrogen-bond acceptors (Lipinski definition) is 2. The third-order valence-electron chi connectivity index (χ3n) is 1.06. The maximum Gasteiger partial charge on any atom is 0.0662 e. The van der Waals surface area contributed by atoms with E-state index in [1.807, 2.05) is 6.08 Å². The van der Waals surface area contributed by atoms with Gasteiger partial charge in [-0.2, -0.15) is 0 Å². The van der Waals surface area contributed by atoms with E-state index in [9.17, 15) is 0 Å². The van der Waals surface area contributed by atoms with Gasteiger partial charge in [0.05, 0.1) is 13.2 Å². The van der Waals surface area contributed by atoms with Gasteiger partial charge in [0.2, 0.25) is 0 Å². The molecule has 1 aliphatic rings. The van der Waals surface area contributed by atoms with Crippen LogP contribution in [0.5, 0.6) is 0 Å². The van der Waals surface area contributed by atoms with Crippen molar-refractivity contribution >= 4 is 0 Å². The first-order chi connectivity index (χ1) is 4.35. The van der Waals surface area contributed by atoms with Gasteiger partial charge in [-0.05, 0) is 18.8 Å². The van der Waals surface area contributed by atoms with Crippen LogP contribution < -0.4 is 0 Å². The highest BCUT2D eigenvalue weighted by atomic mass is 16.3. The summed E-state index contributed by atoms with van der Waals surface area (Å²) in [6.45, 7) is 3.37. The Bertz CT molecular complexity index is 65.3. The van der Waals surface area contributed by atoms with E-state index in [1.165, 1.54) is 12.8 Å². The van der Waals surface area contributed by atoms with Crippen LogP contribution in [0.3, 0.4) is 0 Å². The zero-order chi connectivity index (χ0) is 7.11. The minimum absolute atomic E-state index is 0.125. The molecule has 0 saturated heterocycles. The van der Waals surface area contributed by atoms with E-state index >= 15 is 0 Å². The second kappa shape index (κ2) is 5.79. The van der Waals surface area contributed by atoms with E-state index in [1.54, 1.807) is 0 Å². The van der Waals surface area contributed by atoms with E-state index in [2.05, 4.69) is 6.58 Å². The third-order valence-corrected chi connectivity index (χ3v) is 1.06. The van der Waals surface area contributed by atoms with Crippen molar-refractivity contribution in [1.82, 2.24) is 0 Å². The van der Waals surface area contributed by atoms with Crippen molar-refractivity contribution in [2.75, 3.05) is 13.2 Å². The van der Waals surface area contributed by atoms with Gasteiger partial charge in [-0.15, -0.1) is 6.58 Å². The molecule has 0 heterocycles. The van der Waals surface area contributed by atoms with Crippen molar-refractivity contribution in [2.24, 2.45) is 5.92 Å². The normalized spacial score (nSPS) is 15.8. The number of hydrogen-bond donors (Lipinski definition) is 2. The van der Waals surface area contributed by atoms with Crippen LogP contribution in [0.4, 0.5) is 0 Å². The van der Waals surface area contributed by atoms with E-state index < -0.39 is 0 Å². The van der Waals surface area contributed by atoms with Crippen LogP contribution in [0.1, 0.15) is 12.8 Å². The zero-order valence-corrected chi connectivity index (χ0v) is 5.58. The first-order valence-electron chi connectivity index (χ1n) is 3.19. The van der Waals surface area contributed by atoms with Crippen LogP contribution in [-0.2, 0) is 0 Å². The summed E-state index contributed by atoms with van der Waals surface area (Å²) in [4.78, 5) is 0. The molecule has 2 nitrogen and oxygen atoms in total. The van der Waals surface area contributed by atoms with Crippen LogP contribution in [0.15, 0.2) is 12.7 Å². The smallest absolute Gasteiger partial charge is 0.0662 e. The number of aliphatic hydroxyl groups excluding tert-OH is 2. The van der Waals surface area contributed by atoms with Crippen molar-refractivity contribution in [1.29, 1.82) is 0 Å². The van der Waals surface area contributed by atoms with Crippen LogP contribution in [0.25, 0.3) is 0 Å². The van der Waals surface area contributed by atoms with Gasteiger partial charge in [0.1, 0.15) is 0 Å². The third kappa shape index (κ3) is 7.66. The van der Waals surface area contributed by atoms with Gasteiger partial charge in [-0.3, -0.25) is 0 Å². The Hall–Kier alpha value is -0.340. The Labute approximate surface area is 55.8 Å². The molecule has 0 unspecified atom stereocenters. The van der Waals surface area contributed by atoms with Crippen molar-refractivity contribution in [3.8, 4) is 0 Å². The zero-order valence-electron chi connectivity index (χ0n) is 5.58. The molecule has 0 aromatic heterocycles. The Morgan fingerprint density at radius 2 is 1.78 bits per heavy atom. The average molecular weight is 130 g/mol. The maximum atomic E-state index is 7.62. The molecule has 1 aliphatic carbocycles. The Kier molecular flexibility index (Phi) is 5.57. The van der Waals surface area contributed by atoms with Crippen LogP contribution in [0, 0.1) is 5.92 Å². The molecule has 0 radical (unpaired) electrons. The van der Waals surface area contributed by atoms with Gasteiger partial charge in [0.25, 0.3) is 0 Å². The Balaban J connectivity index is 0.000000148. The Morgan fingerprint density at radius 1 is 1.33 bits per heavy atom. The summed E-state index contributed by atoms with van der Waals surface area (Å²) < 4.78 is 0. The summed E-state index contributed by atoms with van der Waals surface area (Å²) in [5.41, 5.74) is 0. The molecule has 1 rings (SSSR count). The Morgan fingerprint density at radius 3 is 1.78 bits per heavy atom. The quantitative estimate of drug-likeness (QED) is 0.536. The molecular formula is C7H14O2. The lowest BCUT2D eigenvalue weighted by Crippen LogP contribution is -1.85. The van der Waals surface area contributed by atoms with Crippen molar-refractivity contribution in [3.05, 3.63) is 12.7 Å². The van der Waals surface area contributed by atoms with Crippen molar-refractivity contribution in [2.45, 2.75) is 12.8 Å². The van der Waals surface area contributed by atoms with E-state index in [0.717, 1.165) is 5.92 Å². The predicted octanol–water partition coefficient (Wildman–Crippen LogP) is 0.553. The van der Waals surface area contributed by atoms with Gasteiger partial charge in [-0.1, -0.05) is 6.08 Å². The summed E-state index contributed by atoms with van der Waals surface area (Å²) in [7, 11) is 0. The summed E-state index contributed by atoms with van der Waals surface area (Å²) in [5.74, 6) is 0.898. The van der Waals surface area contributed by atoms with E-state index in [4.69, 9.17) is 10.2 Å². The minimum Gasteiger partial charge on any atom is -0.394 e. The largest absolute Gasteiger partial charge is 0.394 e. The molecule has 0 aromatic carbocycles. The van der Waals surface area contributed by atoms with Gasteiger partial charge in [0.15, 0.2) is 0 Å². The second-order valence-corrected chi connectivity index (χ2v) is 2.02. The molecule has 9 heavy (non-hydrogen) atoms. The fourth-order valence-corrected chi connectivity index (χ4v) is 0.332. The maximum absolute atomic E-state index is 7.62.